The lowest BCUT2D eigenvalue weighted by molar-refractivity contribution is -0.151. The molecule has 6 rings (SSSR count). The molecule has 0 aromatic heterocycles. The maximum Gasteiger partial charge on any atom is 0.408 e. The van der Waals surface area contributed by atoms with Crippen molar-refractivity contribution in [2.24, 2.45) is 5.92 Å². The van der Waals surface area contributed by atoms with Crippen LogP contribution in [0.2, 0.25) is 0 Å². The molecule has 2 fully saturated rings. The summed E-state index contributed by atoms with van der Waals surface area (Å²) in [7, 11) is 0. The van der Waals surface area contributed by atoms with Gasteiger partial charge in [-0.05, 0) is 54.0 Å². The molecule has 3 unspecified atom stereocenters. The van der Waals surface area contributed by atoms with Crippen molar-refractivity contribution in [1.82, 2.24) is 15.1 Å². The van der Waals surface area contributed by atoms with Crippen molar-refractivity contribution < 1.29 is 24.2 Å². The highest BCUT2D eigenvalue weighted by Crippen LogP contribution is 2.44. The zero-order valence-corrected chi connectivity index (χ0v) is 23.9. The maximum atomic E-state index is 14.3. The van der Waals surface area contributed by atoms with E-state index in [1.165, 1.54) is 0 Å². The van der Waals surface area contributed by atoms with Gasteiger partial charge >= 0.3 is 12.1 Å². The largest absolute Gasteiger partial charge is 0.481 e. The number of rotatable bonds is 7. The number of amides is 2. The zero-order chi connectivity index (χ0) is 29.3. The van der Waals surface area contributed by atoms with E-state index in [1.54, 1.807) is 11.8 Å². The lowest BCUT2D eigenvalue weighted by Crippen LogP contribution is -2.64. The van der Waals surface area contributed by atoms with E-state index in [-0.39, 0.29) is 18.4 Å². The molecule has 2 aliphatic heterocycles. The van der Waals surface area contributed by atoms with Gasteiger partial charge in [-0.1, -0.05) is 78.9 Å². The molecule has 3 atom stereocenters. The van der Waals surface area contributed by atoms with Crippen molar-refractivity contribution in [3.05, 3.63) is 95.6 Å². The number of carboxylic acids is 1. The molecule has 1 aliphatic carbocycles. The minimum absolute atomic E-state index is 0.0913. The second-order valence-corrected chi connectivity index (χ2v) is 11.8. The molecule has 3 aromatic carbocycles. The van der Waals surface area contributed by atoms with Gasteiger partial charge in [0.05, 0.1) is 5.92 Å². The van der Waals surface area contributed by atoms with Gasteiger partial charge in [0.2, 0.25) is 5.91 Å². The van der Waals surface area contributed by atoms with E-state index in [0.717, 1.165) is 27.8 Å². The van der Waals surface area contributed by atoms with Crippen molar-refractivity contribution >= 4 is 18.0 Å². The van der Waals surface area contributed by atoms with Gasteiger partial charge in [-0.2, -0.15) is 0 Å². The fraction of sp³-hybridized carbons (Fsp3) is 0.382. The van der Waals surface area contributed by atoms with Crippen LogP contribution in [0.5, 0.6) is 0 Å². The van der Waals surface area contributed by atoms with E-state index in [9.17, 15) is 19.5 Å². The van der Waals surface area contributed by atoms with Gasteiger partial charge in [-0.3, -0.25) is 14.5 Å². The van der Waals surface area contributed by atoms with Crippen LogP contribution in [0.4, 0.5) is 4.79 Å². The molecular weight excluding hydrogens is 530 g/mol. The number of nitrogens with zero attached hydrogens (tertiary/aromatic N) is 2. The van der Waals surface area contributed by atoms with E-state index in [1.807, 2.05) is 54.6 Å². The number of likely N-dealkylation sites (tertiary alicyclic amines) is 2. The molecule has 0 bridgehead atoms. The smallest absolute Gasteiger partial charge is 0.408 e. The van der Waals surface area contributed by atoms with Gasteiger partial charge in [-0.15, -0.1) is 0 Å². The van der Waals surface area contributed by atoms with Crippen molar-refractivity contribution in [1.29, 1.82) is 0 Å². The summed E-state index contributed by atoms with van der Waals surface area (Å²) in [6.07, 6.45) is 0.935. The number of hydrogen-bond donors (Lipinski definition) is 2. The maximum absolute atomic E-state index is 14.3. The van der Waals surface area contributed by atoms with Gasteiger partial charge in [-0.25, -0.2) is 4.79 Å². The van der Waals surface area contributed by atoms with Crippen LogP contribution in [0.15, 0.2) is 78.9 Å². The van der Waals surface area contributed by atoms with Crippen LogP contribution in [0, 0.1) is 5.92 Å². The molecule has 2 amide bonds. The topological polar surface area (TPSA) is 99.2 Å². The Balaban J connectivity index is 1.21. The lowest BCUT2D eigenvalue weighted by Gasteiger charge is -2.42. The van der Waals surface area contributed by atoms with Gasteiger partial charge in [0.25, 0.3) is 0 Å². The summed E-state index contributed by atoms with van der Waals surface area (Å²) in [6.45, 7) is 4.01. The number of alkyl carbamates (subject to hydrolysis) is 1. The number of aliphatic carboxylic acids is 1. The van der Waals surface area contributed by atoms with Crippen LogP contribution in [0.3, 0.4) is 0 Å². The van der Waals surface area contributed by atoms with E-state index in [0.29, 0.717) is 45.4 Å². The molecule has 0 spiro atoms. The minimum atomic E-state index is -1.20. The predicted octanol–water partition coefficient (Wildman–Crippen LogP) is 4.88. The van der Waals surface area contributed by atoms with E-state index in [4.69, 9.17) is 4.74 Å². The standard InChI is InChI=1S/C34H37N3O5/c1-23-25(31(38)39)16-9-18-37(23)32(40)34(17-19-36(22-34)20-24-10-3-2-4-11-24)35-33(41)42-21-30-28-14-7-5-12-26(28)27-13-6-8-15-29(27)30/h2-8,10-15,23,25,30H,9,16-22H2,1H3,(H,35,41)(H,38,39). The number of carbonyl (C=O) groups excluding carboxylic acids is 2. The lowest BCUT2D eigenvalue weighted by atomic mass is 9.87. The molecular formula is C34H37N3O5. The molecule has 2 N–H and O–H groups in total. The summed E-state index contributed by atoms with van der Waals surface area (Å²) in [5, 5.41) is 12.8. The van der Waals surface area contributed by atoms with E-state index in [2.05, 4.69) is 34.5 Å². The Morgan fingerprint density at radius 1 is 0.929 bits per heavy atom. The first-order valence-electron chi connectivity index (χ1n) is 14.8. The summed E-state index contributed by atoms with van der Waals surface area (Å²) in [5.41, 5.74) is 4.45. The van der Waals surface area contributed by atoms with E-state index < -0.39 is 29.6 Å². The fourth-order valence-electron chi connectivity index (χ4n) is 7.06. The summed E-state index contributed by atoms with van der Waals surface area (Å²) in [6, 6.07) is 25.9. The first-order chi connectivity index (χ1) is 20.4. The summed E-state index contributed by atoms with van der Waals surface area (Å²) in [4.78, 5) is 43.5. The Morgan fingerprint density at radius 3 is 2.24 bits per heavy atom. The van der Waals surface area contributed by atoms with Crippen molar-refractivity contribution in [3.8, 4) is 11.1 Å². The fourth-order valence-corrected chi connectivity index (χ4v) is 7.06. The summed E-state index contributed by atoms with van der Waals surface area (Å²) in [5.74, 6) is -1.84. The third-order valence-electron chi connectivity index (χ3n) is 9.26. The van der Waals surface area contributed by atoms with Crippen molar-refractivity contribution in [2.75, 3.05) is 26.2 Å². The zero-order valence-electron chi connectivity index (χ0n) is 23.9. The second kappa shape index (κ2) is 11.6. The highest BCUT2D eigenvalue weighted by molar-refractivity contribution is 5.91. The number of ether oxygens (including phenoxy) is 1. The van der Waals surface area contributed by atoms with Gasteiger partial charge in [0, 0.05) is 38.1 Å². The molecule has 42 heavy (non-hydrogen) atoms. The van der Waals surface area contributed by atoms with Crippen LogP contribution in [0.1, 0.15) is 48.8 Å². The van der Waals surface area contributed by atoms with Crippen LogP contribution < -0.4 is 5.32 Å². The van der Waals surface area contributed by atoms with Crippen molar-refractivity contribution in [2.45, 2.75) is 50.2 Å². The number of piperidine rings is 1. The second-order valence-electron chi connectivity index (χ2n) is 11.8. The van der Waals surface area contributed by atoms with Crippen molar-refractivity contribution in [3.63, 3.8) is 0 Å². The number of carbonyl (C=O) groups is 3. The Hall–Kier alpha value is -4.17. The highest BCUT2D eigenvalue weighted by Gasteiger charge is 2.50. The number of carboxylic acid groups (broad SMARTS) is 1. The highest BCUT2D eigenvalue weighted by atomic mass is 16.5. The summed E-state index contributed by atoms with van der Waals surface area (Å²) >= 11 is 0. The van der Waals surface area contributed by atoms with Crippen LogP contribution in [-0.2, 0) is 20.9 Å². The average molecular weight is 568 g/mol. The number of nitrogens with one attached hydrogen (secondary N) is 1. The number of fused-ring (bicyclic) bond motifs is 3. The van der Waals surface area contributed by atoms with E-state index >= 15 is 0 Å². The van der Waals surface area contributed by atoms with Crippen LogP contribution >= 0.6 is 0 Å². The Labute approximate surface area is 246 Å². The third-order valence-corrected chi connectivity index (χ3v) is 9.26. The molecule has 0 radical (unpaired) electrons. The molecule has 3 aliphatic rings. The van der Waals surface area contributed by atoms with Crippen LogP contribution in [0.25, 0.3) is 11.1 Å². The molecule has 3 aromatic rings. The first kappa shape index (κ1) is 28.0. The molecule has 0 saturated carbocycles. The Morgan fingerprint density at radius 2 is 1.57 bits per heavy atom. The predicted molar refractivity (Wildman–Crippen MR) is 159 cm³/mol. The monoisotopic (exact) mass is 567 g/mol. The van der Waals surface area contributed by atoms with Gasteiger partial charge in [0.1, 0.15) is 12.1 Å². The normalized spacial score (nSPS) is 23.7. The van der Waals surface area contributed by atoms with Gasteiger partial charge in [0.15, 0.2) is 0 Å². The molecule has 8 nitrogen and oxygen atoms in total. The molecule has 2 heterocycles. The summed E-state index contributed by atoms with van der Waals surface area (Å²) < 4.78 is 5.87. The van der Waals surface area contributed by atoms with Crippen LogP contribution in [-0.4, -0.2) is 70.7 Å². The third kappa shape index (κ3) is 5.27. The number of benzene rings is 3. The number of hydrogen-bond acceptors (Lipinski definition) is 5. The molecule has 2 saturated heterocycles. The van der Waals surface area contributed by atoms with Gasteiger partial charge < -0.3 is 20.1 Å². The minimum Gasteiger partial charge on any atom is -0.481 e. The Kier molecular flexibility index (Phi) is 7.73. The first-order valence-corrected chi connectivity index (χ1v) is 14.8. The SMILES string of the molecule is CC1C(C(=O)O)CCCN1C(=O)C1(NC(=O)OCC2c3ccccc3-c3ccccc32)CCN(Cc2ccccc2)C1. The molecule has 218 valence electrons. The molecule has 8 heteroatoms. The quantitative estimate of drug-likeness (QED) is 0.422. The Bertz CT molecular complexity index is 1430. The average Bonchev–Trinajstić information content (AvgIpc) is 3.55.